The van der Waals surface area contributed by atoms with E-state index in [0.29, 0.717) is 0 Å². The molecular formula is C13H9N3O5. The summed E-state index contributed by atoms with van der Waals surface area (Å²) >= 11 is 0. The molecule has 0 spiro atoms. The average molecular weight is 287 g/mol. The Morgan fingerprint density at radius 1 is 0.857 bits per heavy atom. The molecule has 2 aromatic carbocycles. The van der Waals surface area contributed by atoms with Gasteiger partial charge in [0.25, 0.3) is 17.3 Å². The van der Waals surface area contributed by atoms with Crippen LogP contribution < -0.4 is 5.32 Å². The quantitative estimate of drug-likeness (QED) is 0.685. The van der Waals surface area contributed by atoms with Gasteiger partial charge in [0.15, 0.2) is 5.69 Å². The standard InChI is InChI=1S/C13H9N3O5/c17-13(9-5-2-1-3-6-9)14-12-10(15(18)19)7-4-8-11(12)16(20)21/h1-8H,(H,14,17). The van der Waals surface area contributed by atoms with Crippen LogP contribution in [-0.4, -0.2) is 15.8 Å². The number of nitrogens with one attached hydrogen (secondary N) is 1. The van der Waals surface area contributed by atoms with E-state index in [9.17, 15) is 25.0 Å². The highest BCUT2D eigenvalue weighted by atomic mass is 16.6. The van der Waals surface area contributed by atoms with E-state index in [2.05, 4.69) is 5.32 Å². The molecule has 0 radical (unpaired) electrons. The van der Waals surface area contributed by atoms with Gasteiger partial charge in [0, 0.05) is 17.7 Å². The van der Waals surface area contributed by atoms with Gasteiger partial charge >= 0.3 is 0 Å². The summed E-state index contributed by atoms with van der Waals surface area (Å²) in [5.74, 6) is -0.659. The van der Waals surface area contributed by atoms with Crippen molar-refractivity contribution in [2.45, 2.75) is 0 Å². The molecule has 0 fully saturated rings. The Hall–Kier alpha value is -3.29. The first-order valence-electron chi connectivity index (χ1n) is 5.79. The summed E-state index contributed by atoms with van der Waals surface area (Å²) in [7, 11) is 0. The fraction of sp³-hybridized carbons (Fsp3) is 0. The number of rotatable bonds is 4. The van der Waals surface area contributed by atoms with Crippen molar-refractivity contribution < 1.29 is 14.6 Å². The minimum Gasteiger partial charge on any atom is -0.311 e. The van der Waals surface area contributed by atoms with Gasteiger partial charge in [0.1, 0.15) is 0 Å². The number of nitrogens with zero attached hydrogens (tertiary/aromatic N) is 2. The molecule has 1 amide bonds. The van der Waals surface area contributed by atoms with Crippen molar-refractivity contribution in [2.24, 2.45) is 0 Å². The molecule has 0 atom stereocenters. The maximum absolute atomic E-state index is 12.0. The normalized spacial score (nSPS) is 9.90. The topological polar surface area (TPSA) is 115 Å². The number of carbonyl (C=O) groups is 1. The third-order valence-corrected chi connectivity index (χ3v) is 2.69. The summed E-state index contributed by atoms with van der Waals surface area (Å²) in [6, 6.07) is 11.3. The van der Waals surface area contributed by atoms with Crippen LogP contribution in [0.5, 0.6) is 0 Å². The fourth-order valence-corrected chi connectivity index (χ4v) is 1.74. The lowest BCUT2D eigenvalue weighted by Gasteiger charge is -2.06. The van der Waals surface area contributed by atoms with Crippen LogP contribution in [0, 0.1) is 20.2 Å². The zero-order valence-corrected chi connectivity index (χ0v) is 10.6. The Balaban J connectivity index is 2.45. The Bertz CT molecular complexity index is 683. The molecule has 0 aromatic heterocycles. The molecule has 2 rings (SSSR count). The molecule has 2 aromatic rings. The minimum atomic E-state index is -0.784. The molecular weight excluding hydrogens is 278 g/mol. The summed E-state index contributed by atoms with van der Waals surface area (Å²) in [5.41, 5.74) is -1.26. The number of para-hydroxylation sites is 1. The molecule has 106 valence electrons. The van der Waals surface area contributed by atoms with Crippen molar-refractivity contribution >= 4 is 23.0 Å². The van der Waals surface area contributed by atoms with Gasteiger partial charge in [-0.1, -0.05) is 18.2 Å². The van der Waals surface area contributed by atoms with Crippen molar-refractivity contribution in [1.29, 1.82) is 0 Å². The second kappa shape index (κ2) is 5.78. The number of nitro groups is 2. The number of hydrogen-bond acceptors (Lipinski definition) is 5. The van der Waals surface area contributed by atoms with Gasteiger partial charge < -0.3 is 5.32 Å². The van der Waals surface area contributed by atoms with E-state index in [0.717, 1.165) is 12.1 Å². The Labute approximate surface area is 118 Å². The van der Waals surface area contributed by atoms with Gasteiger partial charge in [-0.2, -0.15) is 0 Å². The van der Waals surface area contributed by atoms with Crippen LogP contribution in [0.15, 0.2) is 48.5 Å². The zero-order valence-electron chi connectivity index (χ0n) is 10.6. The third-order valence-electron chi connectivity index (χ3n) is 2.69. The van der Waals surface area contributed by atoms with Crippen LogP contribution in [0.3, 0.4) is 0 Å². The van der Waals surface area contributed by atoms with Gasteiger partial charge in [-0.3, -0.25) is 25.0 Å². The van der Waals surface area contributed by atoms with Crippen molar-refractivity contribution in [1.82, 2.24) is 0 Å². The number of benzene rings is 2. The molecule has 8 nitrogen and oxygen atoms in total. The second-order valence-electron chi connectivity index (χ2n) is 4.01. The minimum absolute atomic E-state index is 0.241. The van der Waals surface area contributed by atoms with E-state index in [4.69, 9.17) is 0 Å². The molecule has 0 aliphatic carbocycles. The summed E-state index contributed by atoms with van der Waals surface area (Å²) in [6.07, 6.45) is 0. The van der Waals surface area contributed by atoms with Crippen molar-refractivity contribution in [2.75, 3.05) is 5.32 Å². The number of carbonyl (C=O) groups excluding carboxylic acids is 1. The molecule has 0 aliphatic heterocycles. The second-order valence-corrected chi connectivity index (χ2v) is 4.01. The highest BCUT2D eigenvalue weighted by molar-refractivity contribution is 6.06. The number of nitro benzene ring substituents is 2. The molecule has 1 N–H and O–H groups in total. The maximum atomic E-state index is 12.0. The van der Waals surface area contributed by atoms with Crippen LogP contribution in [0.25, 0.3) is 0 Å². The van der Waals surface area contributed by atoms with Gasteiger partial charge in [-0.05, 0) is 18.2 Å². The number of amides is 1. The van der Waals surface area contributed by atoms with Crippen molar-refractivity contribution in [3.8, 4) is 0 Å². The fourth-order valence-electron chi connectivity index (χ4n) is 1.74. The van der Waals surface area contributed by atoms with E-state index in [1.54, 1.807) is 18.2 Å². The highest BCUT2D eigenvalue weighted by Gasteiger charge is 2.26. The summed E-state index contributed by atoms with van der Waals surface area (Å²) < 4.78 is 0. The van der Waals surface area contributed by atoms with Crippen LogP contribution in [0.4, 0.5) is 17.1 Å². The van der Waals surface area contributed by atoms with E-state index < -0.39 is 32.8 Å². The lowest BCUT2D eigenvalue weighted by molar-refractivity contribution is -0.392. The highest BCUT2D eigenvalue weighted by Crippen LogP contribution is 2.34. The molecule has 0 heterocycles. The monoisotopic (exact) mass is 287 g/mol. The van der Waals surface area contributed by atoms with E-state index >= 15 is 0 Å². The lowest BCUT2D eigenvalue weighted by Crippen LogP contribution is -2.14. The molecule has 0 unspecified atom stereocenters. The smallest absolute Gasteiger partial charge is 0.299 e. The summed E-state index contributed by atoms with van der Waals surface area (Å²) in [5, 5.41) is 24.1. The zero-order chi connectivity index (χ0) is 15.4. The first-order chi connectivity index (χ1) is 10.0. The lowest BCUT2D eigenvalue weighted by atomic mass is 10.2. The first kappa shape index (κ1) is 14.1. The van der Waals surface area contributed by atoms with E-state index in [1.165, 1.54) is 18.2 Å². The Kier molecular flexibility index (Phi) is 3.89. The van der Waals surface area contributed by atoms with E-state index in [1.807, 2.05) is 0 Å². The summed E-state index contributed by atoms with van der Waals surface area (Å²) in [6.45, 7) is 0. The molecule has 0 aliphatic rings. The molecule has 8 heteroatoms. The van der Waals surface area contributed by atoms with Crippen molar-refractivity contribution in [3.05, 3.63) is 74.3 Å². The number of hydrogen-bond donors (Lipinski definition) is 1. The predicted molar refractivity (Wildman–Crippen MR) is 74.1 cm³/mol. The first-order valence-corrected chi connectivity index (χ1v) is 5.79. The average Bonchev–Trinajstić information content (AvgIpc) is 2.47. The predicted octanol–water partition coefficient (Wildman–Crippen LogP) is 2.76. The van der Waals surface area contributed by atoms with Gasteiger partial charge in [-0.25, -0.2) is 0 Å². The van der Waals surface area contributed by atoms with Gasteiger partial charge in [-0.15, -0.1) is 0 Å². The Morgan fingerprint density at radius 3 is 1.86 bits per heavy atom. The molecule has 0 saturated carbocycles. The Morgan fingerprint density at radius 2 is 1.38 bits per heavy atom. The molecule has 21 heavy (non-hydrogen) atoms. The van der Waals surface area contributed by atoms with Crippen LogP contribution >= 0.6 is 0 Å². The van der Waals surface area contributed by atoms with Gasteiger partial charge in [0.05, 0.1) is 9.85 Å². The van der Waals surface area contributed by atoms with Gasteiger partial charge in [0.2, 0.25) is 0 Å². The maximum Gasteiger partial charge on any atom is 0.299 e. The van der Waals surface area contributed by atoms with E-state index in [-0.39, 0.29) is 5.56 Å². The molecule has 0 saturated heterocycles. The third kappa shape index (κ3) is 3.00. The van der Waals surface area contributed by atoms with Crippen molar-refractivity contribution in [3.63, 3.8) is 0 Å². The summed E-state index contributed by atoms with van der Waals surface area (Å²) in [4.78, 5) is 32.3. The number of anilines is 1. The SMILES string of the molecule is O=C(Nc1c([N+](=O)[O-])cccc1[N+](=O)[O-])c1ccccc1. The largest absolute Gasteiger partial charge is 0.311 e. The van der Waals surface area contributed by atoms with Crippen LogP contribution in [-0.2, 0) is 0 Å². The molecule has 0 bridgehead atoms. The van der Waals surface area contributed by atoms with Crippen LogP contribution in [0.1, 0.15) is 10.4 Å². The van der Waals surface area contributed by atoms with Crippen LogP contribution in [0.2, 0.25) is 0 Å².